The Bertz CT molecular complexity index is 1040. The first-order valence-electron chi connectivity index (χ1n) is 18.0. The van der Waals surface area contributed by atoms with Crippen LogP contribution in [0, 0.1) is 47.3 Å². The van der Waals surface area contributed by atoms with Crippen molar-refractivity contribution in [1.82, 2.24) is 0 Å². The summed E-state index contributed by atoms with van der Waals surface area (Å²) in [6.45, 7) is 26.5. The highest BCUT2D eigenvalue weighted by Gasteiger charge is 2.57. The van der Waals surface area contributed by atoms with Crippen molar-refractivity contribution in [2.75, 3.05) is 0 Å². The zero-order valence-electron chi connectivity index (χ0n) is 29.3. The lowest BCUT2D eigenvalue weighted by atomic mass is 9.61. The normalized spacial score (nSPS) is 48.2. The summed E-state index contributed by atoms with van der Waals surface area (Å²) in [7, 11) is 0. The number of allylic oxidation sites excluding steroid dienone is 2. The fourth-order valence-electron chi connectivity index (χ4n) is 10.4. The third-order valence-corrected chi connectivity index (χ3v) is 12.8. The van der Waals surface area contributed by atoms with Crippen LogP contribution in [-0.4, -0.2) is 45.8 Å². The van der Waals surface area contributed by atoms with E-state index in [-0.39, 0.29) is 24.4 Å². The van der Waals surface area contributed by atoms with E-state index in [1.54, 1.807) is 0 Å². The molecule has 2 saturated heterocycles. The molecule has 0 unspecified atom stereocenters. The van der Waals surface area contributed by atoms with Crippen LogP contribution in [0.5, 0.6) is 0 Å². The summed E-state index contributed by atoms with van der Waals surface area (Å²) in [6, 6.07) is 0. The molecule has 6 rings (SSSR count). The van der Waals surface area contributed by atoms with Gasteiger partial charge in [-0.2, -0.15) is 0 Å². The maximum absolute atomic E-state index is 11.1. The third kappa shape index (κ3) is 6.62. The molecule has 4 bridgehead atoms. The van der Waals surface area contributed by atoms with Gasteiger partial charge in [0.1, 0.15) is 0 Å². The van der Waals surface area contributed by atoms with Gasteiger partial charge in [0.05, 0.1) is 35.6 Å². The van der Waals surface area contributed by atoms with Gasteiger partial charge in [-0.05, 0) is 127 Å². The zero-order valence-corrected chi connectivity index (χ0v) is 29.3. The van der Waals surface area contributed by atoms with Crippen LogP contribution in [0.1, 0.15) is 120 Å². The molecule has 4 heterocycles. The van der Waals surface area contributed by atoms with Crippen molar-refractivity contribution in [3.05, 3.63) is 47.6 Å². The number of hydrogen-bond donors (Lipinski definition) is 2. The molecule has 0 aromatic heterocycles. The summed E-state index contributed by atoms with van der Waals surface area (Å²) >= 11 is 0. The summed E-state index contributed by atoms with van der Waals surface area (Å²) in [6.07, 6.45) is 15.1. The van der Waals surface area contributed by atoms with Crippen molar-refractivity contribution >= 4 is 0 Å². The molecule has 0 spiro atoms. The summed E-state index contributed by atoms with van der Waals surface area (Å²) in [5, 5.41) is 22.2. The van der Waals surface area contributed by atoms with E-state index in [1.165, 1.54) is 35.1 Å². The van der Waals surface area contributed by atoms with Crippen molar-refractivity contribution in [2.24, 2.45) is 47.3 Å². The van der Waals surface area contributed by atoms with Crippen molar-refractivity contribution in [2.45, 2.75) is 155 Å². The van der Waals surface area contributed by atoms with Crippen LogP contribution in [0.3, 0.4) is 0 Å². The highest BCUT2D eigenvalue weighted by Crippen LogP contribution is 2.56. The Labute approximate surface area is 269 Å². The minimum absolute atomic E-state index is 0.0359. The Kier molecular flexibility index (Phi) is 10.2. The molecule has 0 aromatic rings. The standard InChI is InChI=1S/2C20H32O2/c2*1-12(2)15-9-8-14(4)17-16-11-13(3)7-6-10-20(5,21)19(22-16)18(15)17/h2*7,12,15-19,21H,4,6,8-11H2,1-3,5H3/b2*13-7+/t2*15-,16-,17-,18-,19-,20-/m11/s1. The smallest absolute Gasteiger partial charge is 0.0901 e. The maximum atomic E-state index is 11.1. The van der Waals surface area contributed by atoms with Crippen LogP contribution in [0.25, 0.3) is 0 Å². The second kappa shape index (κ2) is 13.1. The minimum Gasteiger partial charge on any atom is -0.387 e. The average molecular weight is 609 g/mol. The molecule has 4 nitrogen and oxygen atoms in total. The predicted octanol–water partition coefficient (Wildman–Crippen LogP) is 8.98. The second-order valence-corrected chi connectivity index (χ2v) is 16.9. The van der Waals surface area contributed by atoms with Crippen molar-refractivity contribution in [1.29, 1.82) is 0 Å². The highest BCUT2D eigenvalue weighted by atomic mass is 16.5. The predicted molar refractivity (Wildman–Crippen MR) is 181 cm³/mol. The van der Waals surface area contributed by atoms with Gasteiger partial charge in [0.25, 0.3) is 0 Å². The van der Waals surface area contributed by atoms with E-state index in [9.17, 15) is 10.2 Å². The first kappa shape index (κ1) is 34.1. The molecule has 0 amide bonds. The molecule has 2 aliphatic carbocycles. The number of rotatable bonds is 2. The summed E-state index contributed by atoms with van der Waals surface area (Å²) in [5.41, 5.74) is 4.06. The molecule has 0 radical (unpaired) electrons. The molecule has 12 atom stereocenters. The lowest BCUT2D eigenvalue weighted by Crippen LogP contribution is -2.48. The van der Waals surface area contributed by atoms with Gasteiger partial charge in [0.2, 0.25) is 0 Å². The lowest BCUT2D eigenvalue weighted by Gasteiger charge is -2.43. The molecular formula is C40H64O4. The van der Waals surface area contributed by atoms with Crippen molar-refractivity contribution < 1.29 is 19.7 Å². The summed E-state index contributed by atoms with van der Waals surface area (Å²) < 4.78 is 13.0. The summed E-state index contributed by atoms with van der Waals surface area (Å²) in [4.78, 5) is 0. The van der Waals surface area contributed by atoms with Crippen LogP contribution < -0.4 is 0 Å². The maximum Gasteiger partial charge on any atom is 0.0901 e. The molecule has 4 heteroatoms. The molecule has 4 fully saturated rings. The van der Waals surface area contributed by atoms with E-state index in [0.717, 1.165) is 51.4 Å². The first-order valence-corrected chi connectivity index (χ1v) is 18.0. The van der Waals surface area contributed by atoms with Crippen LogP contribution in [0.2, 0.25) is 0 Å². The van der Waals surface area contributed by atoms with Crippen molar-refractivity contribution in [3.63, 3.8) is 0 Å². The molecule has 6 aliphatic rings. The number of ether oxygens (including phenoxy) is 2. The third-order valence-electron chi connectivity index (χ3n) is 12.8. The fourth-order valence-corrected chi connectivity index (χ4v) is 10.4. The van der Waals surface area contributed by atoms with Crippen LogP contribution in [-0.2, 0) is 9.47 Å². The van der Waals surface area contributed by atoms with Gasteiger partial charge in [0, 0.05) is 11.8 Å². The quantitative estimate of drug-likeness (QED) is 0.307. The monoisotopic (exact) mass is 608 g/mol. The second-order valence-electron chi connectivity index (χ2n) is 16.9. The minimum atomic E-state index is -0.733. The van der Waals surface area contributed by atoms with Gasteiger partial charge in [-0.25, -0.2) is 0 Å². The molecule has 4 aliphatic heterocycles. The Morgan fingerprint density at radius 1 is 0.705 bits per heavy atom. The molecule has 44 heavy (non-hydrogen) atoms. The fraction of sp³-hybridized carbons (Fsp3) is 0.800. The Hall–Kier alpha value is -1.20. The van der Waals surface area contributed by atoms with Gasteiger partial charge in [-0.15, -0.1) is 0 Å². The number of fused-ring (bicyclic) bond motifs is 10. The molecule has 0 aromatic carbocycles. The number of hydrogen-bond acceptors (Lipinski definition) is 4. The average Bonchev–Trinajstić information content (AvgIpc) is 3.51. The van der Waals surface area contributed by atoms with Gasteiger partial charge < -0.3 is 19.7 Å². The molecule has 2 saturated carbocycles. The number of aliphatic hydroxyl groups is 2. The topological polar surface area (TPSA) is 58.9 Å². The van der Waals surface area contributed by atoms with Crippen LogP contribution in [0.4, 0.5) is 0 Å². The first-order chi connectivity index (χ1) is 20.6. The molecule has 248 valence electrons. The molecular weight excluding hydrogens is 544 g/mol. The lowest BCUT2D eigenvalue weighted by molar-refractivity contribution is -0.116. The van der Waals surface area contributed by atoms with Crippen molar-refractivity contribution in [3.8, 4) is 0 Å². The van der Waals surface area contributed by atoms with Gasteiger partial charge >= 0.3 is 0 Å². The Morgan fingerprint density at radius 2 is 1.07 bits per heavy atom. The van der Waals surface area contributed by atoms with E-state index >= 15 is 0 Å². The van der Waals surface area contributed by atoms with Gasteiger partial charge in [-0.3, -0.25) is 0 Å². The van der Waals surface area contributed by atoms with E-state index in [0.29, 0.717) is 47.3 Å². The highest BCUT2D eigenvalue weighted by molar-refractivity contribution is 5.21. The van der Waals surface area contributed by atoms with Crippen LogP contribution in [0.15, 0.2) is 47.6 Å². The van der Waals surface area contributed by atoms with E-state index < -0.39 is 11.2 Å². The summed E-state index contributed by atoms with van der Waals surface area (Å²) in [5.74, 6) is 4.29. The van der Waals surface area contributed by atoms with E-state index in [4.69, 9.17) is 9.47 Å². The van der Waals surface area contributed by atoms with Gasteiger partial charge in [-0.1, -0.05) is 75.3 Å². The Balaban J connectivity index is 0.000000175. The van der Waals surface area contributed by atoms with E-state index in [2.05, 4.69) is 66.9 Å². The zero-order chi connectivity index (χ0) is 32.1. The van der Waals surface area contributed by atoms with Gasteiger partial charge in [0.15, 0.2) is 0 Å². The Morgan fingerprint density at radius 3 is 1.41 bits per heavy atom. The largest absolute Gasteiger partial charge is 0.387 e. The SMILES string of the molecule is C=C1CC[C@H](C(C)C)[C@@H]2[C@H]1[C@H]1C/C(C)=C/CC[C@@](C)(O)[C@@H]2O1.C=C1CC[C@H](C(C)C)[C@@H]2[C@H]1[C@H]1C/C(C)=C/CC[C@@](C)(O)[C@@H]2O1. The molecule has 2 N–H and O–H groups in total. The van der Waals surface area contributed by atoms with E-state index in [1.807, 2.05) is 13.8 Å². The van der Waals surface area contributed by atoms with Crippen LogP contribution >= 0.6 is 0 Å².